The molecule has 0 aromatic carbocycles. The molecule has 1 aromatic heterocycles. The van der Waals surface area contributed by atoms with E-state index in [1.54, 1.807) is 12.4 Å². The molecule has 1 aromatic rings. The van der Waals surface area contributed by atoms with Crippen LogP contribution >= 0.6 is 0 Å². The quantitative estimate of drug-likeness (QED) is 0.689. The lowest BCUT2D eigenvalue weighted by atomic mass is 10.3. The summed E-state index contributed by atoms with van der Waals surface area (Å²) in [5, 5.41) is 3.15. The second kappa shape index (κ2) is 7.00. The SMILES string of the molecule is CC(C)OCCCCNc1nccnc1N. The summed E-state index contributed by atoms with van der Waals surface area (Å²) in [4.78, 5) is 8.04. The standard InChI is InChI=1S/C11H20N4O/c1-9(2)16-8-4-3-5-14-11-10(12)13-6-7-15-11/h6-7,9H,3-5,8H2,1-2H3,(H2,12,13)(H,14,15). The molecule has 16 heavy (non-hydrogen) atoms. The Bertz CT molecular complexity index is 304. The van der Waals surface area contributed by atoms with Crippen molar-refractivity contribution in [2.75, 3.05) is 24.2 Å². The predicted octanol–water partition coefficient (Wildman–Crippen LogP) is 1.68. The van der Waals surface area contributed by atoms with Crippen molar-refractivity contribution < 1.29 is 4.74 Å². The molecule has 90 valence electrons. The molecule has 1 rings (SSSR count). The zero-order chi connectivity index (χ0) is 11.8. The number of nitrogens with two attached hydrogens (primary N) is 1. The van der Waals surface area contributed by atoms with Gasteiger partial charge in [0.2, 0.25) is 0 Å². The Kier molecular flexibility index (Phi) is 5.56. The van der Waals surface area contributed by atoms with Crippen LogP contribution in [0.5, 0.6) is 0 Å². The zero-order valence-corrected chi connectivity index (χ0v) is 9.94. The molecule has 0 fully saturated rings. The molecule has 0 aliphatic heterocycles. The molecule has 0 aliphatic carbocycles. The minimum atomic E-state index is 0.309. The highest BCUT2D eigenvalue weighted by Gasteiger charge is 1.99. The van der Waals surface area contributed by atoms with E-state index in [1.165, 1.54) is 0 Å². The van der Waals surface area contributed by atoms with Crippen LogP contribution in [0, 0.1) is 0 Å². The van der Waals surface area contributed by atoms with E-state index >= 15 is 0 Å². The molecule has 1 heterocycles. The topological polar surface area (TPSA) is 73.1 Å². The summed E-state index contributed by atoms with van der Waals surface area (Å²) in [6, 6.07) is 0. The Balaban J connectivity index is 2.10. The molecule has 0 bridgehead atoms. The first-order valence-electron chi connectivity index (χ1n) is 5.62. The molecular weight excluding hydrogens is 204 g/mol. The third kappa shape index (κ3) is 4.93. The maximum absolute atomic E-state index is 5.64. The number of hydrogen-bond acceptors (Lipinski definition) is 5. The van der Waals surface area contributed by atoms with Crippen LogP contribution in [0.25, 0.3) is 0 Å². The number of nitrogen functional groups attached to an aromatic ring is 1. The van der Waals surface area contributed by atoms with E-state index in [1.807, 2.05) is 13.8 Å². The number of unbranched alkanes of at least 4 members (excludes halogenated alkanes) is 1. The highest BCUT2D eigenvalue weighted by atomic mass is 16.5. The number of nitrogens with one attached hydrogen (secondary N) is 1. The molecule has 0 spiro atoms. The predicted molar refractivity (Wildman–Crippen MR) is 65.3 cm³/mol. The second-order valence-electron chi connectivity index (χ2n) is 3.84. The van der Waals surface area contributed by atoms with Crippen molar-refractivity contribution in [2.24, 2.45) is 0 Å². The van der Waals surface area contributed by atoms with E-state index in [2.05, 4.69) is 15.3 Å². The normalized spacial score (nSPS) is 10.7. The summed E-state index contributed by atoms with van der Waals surface area (Å²) in [6.45, 7) is 5.72. The number of rotatable bonds is 7. The lowest BCUT2D eigenvalue weighted by Crippen LogP contribution is -2.09. The van der Waals surface area contributed by atoms with Crippen LogP contribution in [0.1, 0.15) is 26.7 Å². The van der Waals surface area contributed by atoms with Gasteiger partial charge in [0.15, 0.2) is 11.6 Å². The molecule has 0 amide bonds. The highest BCUT2D eigenvalue weighted by molar-refractivity contribution is 5.54. The van der Waals surface area contributed by atoms with E-state index in [0.717, 1.165) is 26.0 Å². The molecule has 0 radical (unpaired) electrons. The van der Waals surface area contributed by atoms with Crippen LogP contribution in [0.4, 0.5) is 11.6 Å². The summed E-state index contributed by atoms with van der Waals surface area (Å²) in [6.07, 6.45) is 5.58. The maximum atomic E-state index is 5.64. The summed E-state index contributed by atoms with van der Waals surface area (Å²) < 4.78 is 5.44. The average molecular weight is 224 g/mol. The summed E-state index contributed by atoms with van der Waals surface area (Å²) in [5.41, 5.74) is 5.64. The van der Waals surface area contributed by atoms with Gasteiger partial charge < -0.3 is 15.8 Å². The lowest BCUT2D eigenvalue weighted by Gasteiger charge is -2.08. The van der Waals surface area contributed by atoms with Crippen molar-refractivity contribution in [2.45, 2.75) is 32.8 Å². The van der Waals surface area contributed by atoms with E-state index in [0.29, 0.717) is 17.7 Å². The monoisotopic (exact) mass is 224 g/mol. The second-order valence-corrected chi connectivity index (χ2v) is 3.84. The van der Waals surface area contributed by atoms with Gasteiger partial charge in [-0.1, -0.05) is 0 Å². The van der Waals surface area contributed by atoms with E-state index < -0.39 is 0 Å². The number of aromatic nitrogens is 2. The molecule has 3 N–H and O–H groups in total. The maximum Gasteiger partial charge on any atom is 0.168 e. The first-order valence-corrected chi connectivity index (χ1v) is 5.62. The van der Waals surface area contributed by atoms with Crippen molar-refractivity contribution >= 4 is 11.6 Å². The average Bonchev–Trinajstić information content (AvgIpc) is 2.25. The molecular formula is C11H20N4O. The molecule has 5 nitrogen and oxygen atoms in total. The fraction of sp³-hybridized carbons (Fsp3) is 0.636. The first kappa shape index (κ1) is 12.7. The van der Waals surface area contributed by atoms with Crippen LogP contribution in [-0.4, -0.2) is 29.2 Å². The minimum Gasteiger partial charge on any atom is -0.381 e. The van der Waals surface area contributed by atoms with Gasteiger partial charge in [-0.15, -0.1) is 0 Å². The van der Waals surface area contributed by atoms with Crippen LogP contribution in [0.3, 0.4) is 0 Å². The van der Waals surface area contributed by atoms with E-state index in [-0.39, 0.29) is 0 Å². The summed E-state index contributed by atoms with van der Waals surface area (Å²) in [7, 11) is 0. The summed E-state index contributed by atoms with van der Waals surface area (Å²) in [5.74, 6) is 1.10. The zero-order valence-electron chi connectivity index (χ0n) is 9.94. The van der Waals surface area contributed by atoms with Crippen LogP contribution in [0.15, 0.2) is 12.4 Å². The number of nitrogens with zero attached hydrogens (tertiary/aromatic N) is 2. The van der Waals surface area contributed by atoms with Gasteiger partial charge in [-0.05, 0) is 26.7 Å². The third-order valence-electron chi connectivity index (χ3n) is 2.04. The lowest BCUT2D eigenvalue weighted by molar-refractivity contribution is 0.0765. The Morgan fingerprint density at radius 1 is 1.31 bits per heavy atom. The van der Waals surface area contributed by atoms with Gasteiger partial charge in [-0.2, -0.15) is 0 Å². The van der Waals surface area contributed by atoms with Gasteiger partial charge in [0.05, 0.1) is 6.10 Å². The van der Waals surface area contributed by atoms with E-state index in [9.17, 15) is 0 Å². The minimum absolute atomic E-state index is 0.309. The van der Waals surface area contributed by atoms with Crippen molar-refractivity contribution in [3.05, 3.63) is 12.4 Å². The van der Waals surface area contributed by atoms with Gasteiger partial charge in [-0.25, -0.2) is 9.97 Å². The van der Waals surface area contributed by atoms with Crippen molar-refractivity contribution in [1.29, 1.82) is 0 Å². The van der Waals surface area contributed by atoms with Crippen LogP contribution < -0.4 is 11.1 Å². The molecule has 0 saturated carbocycles. The van der Waals surface area contributed by atoms with Gasteiger partial charge >= 0.3 is 0 Å². The molecule has 0 unspecified atom stereocenters. The van der Waals surface area contributed by atoms with Crippen LogP contribution in [0.2, 0.25) is 0 Å². The van der Waals surface area contributed by atoms with Crippen molar-refractivity contribution in [3.63, 3.8) is 0 Å². The fourth-order valence-corrected chi connectivity index (χ4v) is 1.24. The molecule has 0 atom stereocenters. The molecule has 0 saturated heterocycles. The van der Waals surface area contributed by atoms with E-state index in [4.69, 9.17) is 10.5 Å². The van der Waals surface area contributed by atoms with Gasteiger partial charge in [-0.3, -0.25) is 0 Å². The summed E-state index contributed by atoms with van der Waals surface area (Å²) >= 11 is 0. The van der Waals surface area contributed by atoms with Crippen molar-refractivity contribution in [1.82, 2.24) is 9.97 Å². The Morgan fingerprint density at radius 3 is 2.75 bits per heavy atom. The molecule has 5 heteroatoms. The number of anilines is 2. The van der Waals surface area contributed by atoms with Gasteiger partial charge in [0.1, 0.15) is 0 Å². The smallest absolute Gasteiger partial charge is 0.168 e. The van der Waals surface area contributed by atoms with Gasteiger partial charge in [0.25, 0.3) is 0 Å². The fourth-order valence-electron chi connectivity index (χ4n) is 1.24. The first-order chi connectivity index (χ1) is 7.70. The Hall–Kier alpha value is -1.36. The van der Waals surface area contributed by atoms with Crippen LogP contribution in [-0.2, 0) is 4.74 Å². The highest BCUT2D eigenvalue weighted by Crippen LogP contribution is 2.09. The number of hydrogen-bond donors (Lipinski definition) is 2. The third-order valence-corrected chi connectivity index (χ3v) is 2.04. The Morgan fingerprint density at radius 2 is 2.06 bits per heavy atom. The van der Waals surface area contributed by atoms with Gasteiger partial charge in [0, 0.05) is 25.5 Å². The largest absolute Gasteiger partial charge is 0.381 e. The number of ether oxygens (including phenoxy) is 1. The Labute approximate surface area is 96.4 Å². The molecule has 0 aliphatic rings. The van der Waals surface area contributed by atoms with Crippen molar-refractivity contribution in [3.8, 4) is 0 Å².